The van der Waals surface area contributed by atoms with Crippen LogP contribution in [-0.2, 0) is 14.1 Å². The standard InChI is InChI=1S/C20H41O6P/c1-2-3-4-5-6-7-8-9-10-11-12-13-14-15-20(22)26-18-19(21)16-17-27(23,24)25/h19,21H,2-18H2,1H3,(H2,23,24,25). The van der Waals surface area contributed by atoms with Gasteiger partial charge in [-0.15, -0.1) is 0 Å². The molecule has 0 radical (unpaired) electrons. The van der Waals surface area contributed by atoms with Crippen LogP contribution in [0.5, 0.6) is 0 Å². The Morgan fingerprint density at radius 2 is 1.30 bits per heavy atom. The van der Waals surface area contributed by atoms with Gasteiger partial charge in [0.05, 0.1) is 12.3 Å². The molecule has 1 unspecified atom stereocenters. The van der Waals surface area contributed by atoms with E-state index in [4.69, 9.17) is 14.5 Å². The Bertz CT molecular complexity index is 396. The Morgan fingerprint density at radius 1 is 0.852 bits per heavy atom. The number of esters is 1. The molecular formula is C20H41O6P. The summed E-state index contributed by atoms with van der Waals surface area (Å²) >= 11 is 0. The van der Waals surface area contributed by atoms with Gasteiger partial charge in [-0.1, -0.05) is 84.0 Å². The second-order valence-corrected chi connectivity index (χ2v) is 9.28. The van der Waals surface area contributed by atoms with E-state index in [1.54, 1.807) is 0 Å². The van der Waals surface area contributed by atoms with Crippen LogP contribution < -0.4 is 0 Å². The zero-order valence-electron chi connectivity index (χ0n) is 17.1. The van der Waals surface area contributed by atoms with Crippen molar-refractivity contribution in [1.29, 1.82) is 0 Å². The zero-order chi connectivity index (χ0) is 20.4. The van der Waals surface area contributed by atoms with Crippen molar-refractivity contribution in [2.24, 2.45) is 0 Å². The molecule has 27 heavy (non-hydrogen) atoms. The molecule has 6 nitrogen and oxygen atoms in total. The summed E-state index contributed by atoms with van der Waals surface area (Å²) in [5, 5.41) is 9.52. The number of carbonyl (C=O) groups excluding carboxylic acids is 1. The average Bonchev–Trinajstić information content (AvgIpc) is 2.61. The molecule has 0 aromatic carbocycles. The maximum Gasteiger partial charge on any atom is 0.325 e. The molecule has 7 heteroatoms. The van der Waals surface area contributed by atoms with Crippen LogP contribution in [0.2, 0.25) is 0 Å². The Labute approximate surface area is 165 Å². The van der Waals surface area contributed by atoms with Crippen molar-refractivity contribution in [1.82, 2.24) is 0 Å². The van der Waals surface area contributed by atoms with Gasteiger partial charge in [0.2, 0.25) is 0 Å². The van der Waals surface area contributed by atoms with Crippen molar-refractivity contribution < 1.29 is 29.0 Å². The van der Waals surface area contributed by atoms with Crippen molar-refractivity contribution in [2.75, 3.05) is 12.8 Å². The highest BCUT2D eigenvalue weighted by Gasteiger charge is 2.17. The molecule has 3 N–H and O–H groups in total. The first kappa shape index (κ1) is 26.6. The molecule has 0 aromatic rings. The number of carbonyl (C=O) groups is 1. The van der Waals surface area contributed by atoms with E-state index in [1.807, 2.05) is 0 Å². The number of rotatable bonds is 19. The Balaban J connectivity index is 3.33. The van der Waals surface area contributed by atoms with E-state index in [1.165, 1.54) is 64.2 Å². The summed E-state index contributed by atoms with van der Waals surface area (Å²) in [7, 11) is -4.11. The van der Waals surface area contributed by atoms with E-state index < -0.39 is 19.9 Å². The Morgan fingerprint density at radius 3 is 1.74 bits per heavy atom. The largest absolute Gasteiger partial charge is 0.463 e. The second-order valence-electron chi connectivity index (χ2n) is 7.51. The predicted octanol–water partition coefficient (Wildman–Crippen LogP) is 4.94. The van der Waals surface area contributed by atoms with Crippen LogP contribution in [0.3, 0.4) is 0 Å². The fourth-order valence-corrected chi connectivity index (χ4v) is 3.58. The van der Waals surface area contributed by atoms with Crippen molar-refractivity contribution >= 4 is 13.6 Å². The summed E-state index contributed by atoms with van der Waals surface area (Å²) in [6, 6.07) is 0. The highest BCUT2D eigenvalue weighted by atomic mass is 31.2. The highest BCUT2D eigenvalue weighted by molar-refractivity contribution is 7.51. The van der Waals surface area contributed by atoms with Gasteiger partial charge in [-0.25, -0.2) is 0 Å². The third-order valence-corrected chi connectivity index (χ3v) is 5.52. The average molecular weight is 409 g/mol. The predicted molar refractivity (Wildman–Crippen MR) is 109 cm³/mol. The molecular weight excluding hydrogens is 367 g/mol. The van der Waals surface area contributed by atoms with E-state index >= 15 is 0 Å². The fraction of sp³-hybridized carbons (Fsp3) is 0.950. The van der Waals surface area contributed by atoms with E-state index in [9.17, 15) is 14.5 Å². The lowest BCUT2D eigenvalue weighted by atomic mass is 10.0. The molecule has 162 valence electrons. The molecule has 0 spiro atoms. The summed E-state index contributed by atoms with van der Waals surface area (Å²) in [4.78, 5) is 29.0. The van der Waals surface area contributed by atoms with Gasteiger partial charge in [0.25, 0.3) is 0 Å². The SMILES string of the molecule is CCCCCCCCCCCCCCCC(=O)OCC(O)CCP(=O)(O)O. The molecule has 0 amide bonds. The zero-order valence-corrected chi connectivity index (χ0v) is 18.0. The summed E-state index contributed by atoms with van der Waals surface area (Å²) < 4.78 is 15.6. The summed E-state index contributed by atoms with van der Waals surface area (Å²) in [6.07, 6.45) is 15.1. The van der Waals surface area contributed by atoms with E-state index in [0.717, 1.165) is 19.3 Å². The molecule has 0 aliphatic carbocycles. The van der Waals surface area contributed by atoms with Crippen LogP contribution in [0.15, 0.2) is 0 Å². The van der Waals surface area contributed by atoms with Crippen LogP contribution in [-0.4, -0.2) is 39.7 Å². The normalized spacial score (nSPS) is 12.9. The summed E-state index contributed by atoms with van der Waals surface area (Å²) in [6.45, 7) is 2.05. The van der Waals surface area contributed by atoms with Gasteiger partial charge in [0.15, 0.2) is 0 Å². The Kier molecular flexibility index (Phi) is 17.4. The minimum Gasteiger partial charge on any atom is -0.463 e. The van der Waals surface area contributed by atoms with Crippen LogP contribution >= 0.6 is 7.60 Å². The lowest BCUT2D eigenvalue weighted by molar-refractivity contribution is -0.146. The van der Waals surface area contributed by atoms with Crippen molar-refractivity contribution in [3.8, 4) is 0 Å². The van der Waals surface area contributed by atoms with Crippen LogP contribution in [0.1, 0.15) is 103 Å². The molecule has 0 saturated heterocycles. The topological polar surface area (TPSA) is 104 Å². The van der Waals surface area contributed by atoms with Gasteiger partial charge in [-0.2, -0.15) is 0 Å². The first-order chi connectivity index (χ1) is 12.8. The van der Waals surface area contributed by atoms with Gasteiger partial charge in [-0.05, 0) is 12.8 Å². The lowest BCUT2D eigenvalue weighted by Gasteiger charge is -2.11. The van der Waals surface area contributed by atoms with Crippen LogP contribution in [0.25, 0.3) is 0 Å². The third kappa shape index (κ3) is 21.7. The smallest absolute Gasteiger partial charge is 0.325 e. The van der Waals surface area contributed by atoms with E-state index in [0.29, 0.717) is 6.42 Å². The molecule has 0 saturated carbocycles. The summed E-state index contributed by atoms with van der Waals surface area (Å²) in [5.74, 6) is -0.353. The number of aliphatic hydroxyl groups is 1. The Hall–Kier alpha value is -0.420. The number of hydrogen-bond acceptors (Lipinski definition) is 4. The molecule has 0 rings (SSSR count). The third-order valence-electron chi connectivity index (χ3n) is 4.67. The van der Waals surface area contributed by atoms with Crippen molar-refractivity contribution in [3.05, 3.63) is 0 Å². The highest BCUT2D eigenvalue weighted by Crippen LogP contribution is 2.35. The molecule has 0 fully saturated rings. The number of unbranched alkanes of at least 4 members (excludes halogenated alkanes) is 12. The van der Waals surface area contributed by atoms with E-state index in [2.05, 4.69) is 6.92 Å². The lowest BCUT2D eigenvalue weighted by Crippen LogP contribution is -2.19. The number of hydrogen-bond donors (Lipinski definition) is 3. The quantitative estimate of drug-likeness (QED) is 0.159. The second kappa shape index (κ2) is 17.7. The maximum absolute atomic E-state index is 11.6. The molecule has 0 heterocycles. The van der Waals surface area contributed by atoms with Gasteiger partial charge in [-0.3, -0.25) is 9.36 Å². The maximum atomic E-state index is 11.6. The minimum atomic E-state index is -4.11. The monoisotopic (exact) mass is 408 g/mol. The van der Waals surface area contributed by atoms with Gasteiger partial charge >= 0.3 is 13.6 Å². The van der Waals surface area contributed by atoms with E-state index in [-0.39, 0.29) is 19.0 Å². The van der Waals surface area contributed by atoms with Crippen LogP contribution in [0, 0.1) is 0 Å². The number of aliphatic hydroxyl groups excluding tert-OH is 1. The first-order valence-corrected chi connectivity index (χ1v) is 12.5. The molecule has 1 atom stereocenters. The summed E-state index contributed by atoms with van der Waals surface area (Å²) in [5.41, 5.74) is 0. The molecule has 0 aromatic heterocycles. The first-order valence-electron chi connectivity index (χ1n) is 10.7. The van der Waals surface area contributed by atoms with Crippen LogP contribution in [0.4, 0.5) is 0 Å². The van der Waals surface area contributed by atoms with Gasteiger partial charge < -0.3 is 19.6 Å². The van der Waals surface area contributed by atoms with Crippen molar-refractivity contribution in [3.63, 3.8) is 0 Å². The van der Waals surface area contributed by atoms with Crippen molar-refractivity contribution in [2.45, 2.75) is 109 Å². The van der Waals surface area contributed by atoms with Gasteiger partial charge in [0.1, 0.15) is 6.61 Å². The fourth-order valence-electron chi connectivity index (χ4n) is 2.95. The molecule has 0 aliphatic rings. The molecule has 0 bridgehead atoms. The number of ether oxygens (including phenoxy) is 1. The minimum absolute atomic E-state index is 0.0731. The molecule has 0 aliphatic heterocycles. The van der Waals surface area contributed by atoms with Gasteiger partial charge in [0, 0.05) is 6.42 Å².